The van der Waals surface area contributed by atoms with Gasteiger partial charge in [0.1, 0.15) is 0 Å². The van der Waals surface area contributed by atoms with Crippen molar-refractivity contribution in [1.29, 1.82) is 0 Å². The van der Waals surface area contributed by atoms with E-state index in [0.717, 1.165) is 25.7 Å². The van der Waals surface area contributed by atoms with Gasteiger partial charge in [-0.2, -0.15) is 13.2 Å². The fourth-order valence-corrected chi connectivity index (χ4v) is 3.48. The molecule has 0 aromatic carbocycles. The molecule has 0 aliphatic heterocycles. The lowest BCUT2D eigenvalue weighted by atomic mass is 9.85. The number of amides is 1. The molecule has 0 aromatic rings. The zero-order valence-electron chi connectivity index (χ0n) is 17.4. The lowest BCUT2D eigenvalue weighted by Gasteiger charge is -2.29. The van der Waals surface area contributed by atoms with Crippen LogP contribution in [0.25, 0.3) is 0 Å². The maximum Gasteiger partial charge on any atom is 0.401 e. The first kappa shape index (κ1) is 27.2. The van der Waals surface area contributed by atoms with E-state index < -0.39 is 18.1 Å². The molecule has 166 valence electrons. The van der Waals surface area contributed by atoms with E-state index in [1.165, 1.54) is 11.9 Å². The molecule has 10 heteroatoms. The summed E-state index contributed by atoms with van der Waals surface area (Å²) in [4.78, 5) is 20.1. The summed E-state index contributed by atoms with van der Waals surface area (Å²) < 4.78 is 37.0. The second kappa shape index (κ2) is 12.7. The predicted molar refractivity (Wildman–Crippen MR) is 117 cm³/mol. The second-order valence-electron chi connectivity index (χ2n) is 7.52. The van der Waals surface area contributed by atoms with Crippen molar-refractivity contribution in [2.75, 3.05) is 53.9 Å². The lowest BCUT2D eigenvalue weighted by Crippen LogP contribution is -2.43. The highest BCUT2D eigenvalue weighted by molar-refractivity contribution is 14.0. The monoisotopic (exact) mass is 521 g/mol. The summed E-state index contributed by atoms with van der Waals surface area (Å²) in [5.41, 5.74) is -0.432. The van der Waals surface area contributed by atoms with E-state index in [9.17, 15) is 18.0 Å². The van der Waals surface area contributed by atoms with Gasteiger partial charge in [-0.1, -0.05) is 12.8 Å². The Hall–Kier alpha value is -0.780. The number of hydrogen-bond donors (Lipinski definition) is 2. The van der Waals surface area contributed by atoms with Gasteiger partial charge in [-0.3, -0.25) is 14.7 Å². The molecular weight excluding hydrogens is 486 g/mol. The van der Waals surface area contributed by atoms with E-state index in [4.69, 9.17) is 0 Å². The van der Waals surface area contributed by atoms with Crippen LogP contribution in [0.2, 0.25) is 0 Å². The fraction of sp³-hybridized carbons (Fsp3) is 0.889. The lowest BCUT2D eigenvalue weighted by molar-refractivity contribution is -0.143. The molecule has 1 aliphatic rings. The summed E-state index contributed by atoms with van der Waals surface area (Å²) in [6, 6.07) is 0. The Morgan fingerprint density at radius 1 is 1.14 bits per heavy atom. The number of nitrogens with one attached hydrogen (secondary N) is 2. The SMILES string of the molecule is CCNC(=NCC1(C(=O)N(C)C)CCCC1)NCCCN(C)CC(F)(F)F.I. The highest BCUT2D eigenvalue weighted by Crippen LogP contribution is 2.39. The molecule has 28 heavy (non-hydrogen) atoms. The van der Waals surface area contributed by atoms with E-state index in [2.05, 4.69) is 15.6 Å². The third-order valence-electron chi connectivity index (χ3n) is 4.76. The van der Waals surface area contributed by atoms with Crippen molar-refractivity contribution in [3.8, 4) is 0 Å². The Bertz CT molecular complexity index is 494. The van der Waals surface area contributed by atoms with E-state index in [-0.39, 0.29) is 29.9 Å². The highest BCUT2D eigenvalue weighted by atomic mass is 127. The zero-order valence-corrected chi connectivity index (χ0v) is 19.7. The topological polar surface area (TPSA) is 60.0 Å². The van der Waals surface area contributed by atoms with Crippen molar-refractivity contribution in [1.82, 2.24) is 20.4 Å². The average molecular weight is 521 g/mol. The minimum atomic E-state index is -4.17. The van der Waals surface area contributed by atoms with Gasteiger partial charge in [-0.15, -0.1) is 24.0 Å². The molecule has 0 radical (unpaired) electrons. The molecule has 2 N–H and O–H groups in total. The standard InChI is InChI=1S/C18H34F3N5O.HI/c1-5-22-16(23-11-8-12-26(4)14-18(19,20)21)24-13-17(9-6-7-10-17)15(27)25(2)3;/h5-14H2,1-4H3,(H2,22,23,24);1H. The molecule has 0 unspecified atom stereocenters. The molecule has 0 atom stereocenters. The number of nitrogens with zero attached hydrogens (tertiary/aromatic N) is 3. The third-order valence-corrected chi connectivity index (χ3v) is 4.76. The van der Waals surface area contributed by atoms with Crippen molar-refractivity contribution in [3.63, 3.8) is 0 Å². The van der Waals surface area contributed by atoms with Crippen LogP contribution in [0.1, 0.15) is 39.0 Å². The molecule has 0 spiro atoms. The molecule has 0 heterocycles. The van der Waals surface area contributed by atoms with Gasteiger partial charge >= 0.3 is 6.18 Å². The van der Waals surface area contributed by atoms with Gasteiger partial charge in [0.25, 0.3) is 0 Å². The van der Waals surface area contributed by atoms with Crippen molar-refractivity contribution in [2.45, 2.75) is 45.2 Å². The van der Waals surface area contributed by atoms with E-state index in [0.29, 0.717) is 38.6 Å². The van der Waals surface area contributed by atoms with Crippen LogP contribution in [0.3, 0.4) is 0 Å². The first-order valence-corrected chi connectivity index (χ1v) is 9.59. The number of halogens is 4. The van der Waals surface area contributed by atoms with Gasteiger partial charge in [0, 0.05) is 27.2 Å². The second-order valence-corrected chi connectivity index (χ2v) is 7.52. The van der Waals surface area contributed by atoms with Gasteiger partial charge < -0.3 is 15.5 Å². The first-order chi connectivity index (χ1) is 12.6. The van der Waals surface area contributed by atoms with E-state index >= 15 is 0 Å². The molecule has 1 rings (SSSR count). The van der Waals surface area contributed by atoms with Gasteiger partial charge in [0.15, 0.2) is 5.96 Å². The van der Waals surface area contributed by atoms with Crippen LogP contribution < -0.4 is 10.6 Å². The number of hydrogen-bond acceptors (Lipinski definition) is 3. The number of carbonyl (C=O) groups is 1. The molecule has 1 saturated carbocycles. The van der Waals surface area contributed by atoms with E-state index in [1.54, 1.807) is 19.0 Å². The zero-order chi connectivity index (χ0) is 20.5. The van der Waals surface area contributed by atoms with Crippen LogP contribution in [-0.4, -0.2) is 81.7 Å². The number of rotatable bonds is 9. The third kappa shape index (κ3) is 9.62. The van der Waals surface area contributed by atoms with Crippen molar-refractivity contribution < 1.29 is 18.0 Å². The Balaban J connectivity index is 0.00000729. The fourth-order valence-electron chi connectivity index (χ4n) is 3.48. The maximum atomic E-state index is 12.6. The highest BCUT2D eigenvalue weighted by Gasteiger charge is 2.42. The predicted octanol–water partition coefficient (Wildman–Crippen LogP) is 2.69. The number of carbonyl (C=O) groups excluding carboxylic acids is 1. The van der Waals surface area contributed by atoms with Crippen molar-refractivity contribution in [3.05, 3.63) is 0 Å². The summed E-state index contributed by atoms with van der Waals surface area (Å²) in [6.07, 6.45) is 0.144. The Labute approximate surface area is 183 Å². The molecule has 1 aliphatic carbocycles. The van der Waals surface area contributed by atoms with Crippen molar-refractivity contribution in [2.24, 2.45) is 10.4 Å². The largest absolute Gasteiger partial charge is 0.401 e. The van der Waals surface area contributed by atoms with E-state index in [1.807, 2.05) is 6.92 Å². The smallest absolute Gasteiger partial charge is 0.357 e. The minimum absolute atomic E-state index is 0. The Morgan fingerprint density at radius 2 is 1.75 bits per heavy atom. The molecular formula is C18H35F3IN5O. The van der Waals surface area contributed by atoms with Gasteiger partial charge in [-0.05, 0) is 39.8 Å². The molecule has 1 amide bonds. The molecule has 0 bridgehead atoms. The normalized spacial score (nSPS) is 16.6. The average Bonchev–Trinajstić information content (AvgIpc) is 3.04. The number of guanidine groups is 1. The van der Waals surface area contributed by atoms with Crippen LogP contribution in [-0.2, 0) is 4.79 Å². The molecule has 0 saturated heterocycles. The summed E-state index contributed by atoms with van der Waals surface area (Å²) in [7, 11) is 5.00. The van der Waals surface area contributed by atoms with Gasteiger partial charge in [-0.25, -0.2) is 0 Å². The van der Waals surface area contributed by atoms with Gasteiger partial charge in [0.2, 0.25) is 5.91 Å². The molecule has 1 fully saturated rings. The molecule has 0 aromatic heterocycles. The Kier molecular flexibility index (Phi) is 12.4. The number of alkyl halides is 3. The van der Waals surface area contributed by atoms with Crippen LogP contribution in [0.5, 0.6) is 0 Å². The van der Waals surface area contributed by atoms with Crippen LogP contribution in [0, 0.1) is 5.41 Å². The first-order valence-electron chi connectivity index (χ1n) is 9.59. The summed E-state index contributed by atoms with van der Waals surface area (Å²) >= 11 is 0. The maximum absolute atomic E-state index is 12.6. The minimum Gasteiger partial charge on any atom is -0.357 e. The van der Waals surface area contributed by atoms with Crippen LogP contribution >= 0.6 is 24.0 Å². The summed E-state index contributed by atoms with van der Waals surface area (Å²) in [5, 5.41) is 6.29. The van der Waals surface area contributed by atoms with Crippen LogP contribution in [0.15, 0.2) is 4.99 Å². The quantitative estimate of drug-likeness (QED) is 0.212. The van der Waals surface area contributed by atoms with Crippen molar-refractivity contribution >= 4 is 35.8 Å². The molecule has 6 nitrogen and oxygen atoms in total. The Morgan fingerprint density at radius 3 is 2.25 bits per heavy atom. The number of aliphatic imine (C=N–C) groups is 1. The van der Waals surface area contributed by atoms with Crippen LogP contribution in [0.4, 0.5) is 13.2 Å². The summed E-state index contributed by atoms with van der Waals surface area (Å²) in [5.74, 6) is 0.724. The van der Waals surface area contributed by atoms with Gasteiger partial charge in [0.05, 0.1) is 18.5 Å². The summed E-state index contributed by atoms with van der Waals surface area (Å²) in [6.45, 7) is 3.00.